The molecule has 0 unspecified atom stereocenters. The molecule has 0 aromatic heterocycles. The summed E-state index contributed by atoms with van der Waals surface area (Å²) in [6, 6.07) is 1.29. The smallest absolute Gasteiger partial charge is 0.310 e. The Morgan fingerprint density at radius 2 is 1.70 bits per heavy atom. The van der Waals surface area contributed by atoms with Crippen molar-refractivity contribution in [3.63, 3.8) is 0 Å². The van der Waals surface area contributed by atoms with E-state index in [2.05, 4.69) is 4.74 Å². The predicted octanol–water partition coefficient (Wildman–Crippen LogP) is 4.57. The molecular weight excluding hydrogens is 307 g/mol. The van der Waals surface area contributed by atoms with E-state index in [-0.39, 0.29) is 25.3 Å². The van der Waals surface area contributed by atoms with Crippen LogP contribution in [0.4, 0.5) is 19.4 Å². The highest BCUT2D eigenvalue weighted by atomic mass is 32.5. The Kier molecular flexibility index (Phi) is 3.83. The second-order valence-electron chi connectivity index (χ2n) is 4.06. The molecule has 0 N–H and O–H groups in total. The Hall–Kier alpha value is -1.35. The second-order valence-corrected chi connectivity index (χ2v) is 6.47. The highest BCUT2D eigenvalue weighted by molar-refractivity contribution is 8.45. The van der Waals surface area contributed by atoms with Crippen LogP contribution in [0.3, 0.4) is 0 Å². The number of benzene rings is 1. The minimum absolute atomic E-state index is 0.0655. The molecular formula is C11H13F5O3S. The number of carbonyl (C=O) groups is 1. The van der Waals surface area contributed by atoms with Crippen molar-refractivity contribution >= 4 is 16.0 Å². The Labute approximate surface area is 112 Å². The fourth-order valence-corrected chi connectivity index (χ4v) is 2.01. The van der Waals surface area contributed by atoms with Gasteiger partial charge >= 0.3 is 10.2 Å². The molecule has 1 rings (SSSR count). The molecule has 0 bridgehead atoms. The molecule has 9 heteroatoms. The lowest BCUT2D eigenvalue weighted by molar-refractivity contribution is 0.101. The minimum Gasteiger partial charge on any atom is -0.491 e. The van der Waals surface area contributed by atoms with Gasteiger partial charge in [-0.2, -0.15) is 0 Å². The van der Waals surface area contributed by atoms with E-state index in [1.807, 2.05) is 0 Å². The first-order valence-corrected chi connectivity index (χ1v) is 7.30. The lowest BCUT2D eigenvalue weighted by Gasteiger charge is -2.40. The van der Waals surface area contributed by atoms with Gasteiger partial charge in [-0.3, -0.25) is 4.79 Å². The average Bonchev–Trinajstić information content (AvgIpc) is 2.26. The van der Waals surface area contributed by atoms with Crippen LogP contribution in [0.2, 0.25) is 0 Å². The lowest BCUT2D eigenvalue weighted by Crippen LogP contribution is -2.10. The zero-order valence-electron chi connectivity index (χ0n) is 10.7. The Morgan fingerprint density at radius 1 is 1.10 bits per heavy atom. The predicted molar refractivity (Wildman–Crippen MR) is 65.2 cm³/mol. The number of methoxy groups -OCH3 is 1. The third-order valence-electron chi connectivity index (χ3n) is 2.29. The van der Waals surface area contributed by atoms with Gasteiger partial charge in [-0.25, -0.2) is 0 Å². The molecule has 0 aliphatic rings. The first-order valence-electron chi connectivity index (χ1n) is 5.35. The van der Waals surface area contributed by atoms with Gasteiger partial charge in [0, 0.05) is 18.7 Å². The Balaban J connectivity index is 3.30. The van der Waals surface area contributed by atoms with Crippen LogP contribution in [0.15, 0.2) is 23.1 Å². The summed E-state index contributed by atoms with van der Waals surface area (Å²) >= 11 is 0. The highest BCUT2D eigenvalue weighted by Gasteiger charge is 2.65. The average molecular weight is 320 g/mol. The van der Waals surface area contributed by atoms with Crippen LogP contribution >= 0.6 is 10.2 Å². The SMILES string of the molecule is COCCOc1cc(C(C)=O)cc(S(F)(F)(F)(F)F)c1. The van der Waals surface area contributed by atoms with Crippen molar-refractivity contribution in [2.45, 2.75) is 11.8 Å². The fourth-order valence-electron chi connectivity index (χ4n) is 1.32. The van der Waals surface area contributed by atoms with Crippen molar-refractivity contribution in [1.82, 2.24) is 0 Å². The zero-order chi connectivity index (χ0) is 15.7. The van der Waals surface area contributed by atoms with Gasteiger partial charge in [-0.15, -0.1) is 0 Å². The largest absolute Gasteiger partial charge is 0.491 e. The molecule has 0 fully saturated rings. The first kappa shape index (κ1) is 16.7. The molecule has 0 heterocycles. The van der Waals surface area contributed by atoms with E-state index in [9.17, 15) is 24.2 Å². The van der Waals surface area contributed by atoms with Gasteiger partial charge in [0.15, 0.2) is 5.78 Å². The second kappa shape index (κ2) is 4.59. The maximum atomic E-state index is 12.8. The molecule has 0 aliphatic carbocycles. The summed E-state index contributed by atoms with van der Waals surface area (Å²) in [4.78, 5) is 8.99. The third-order valence-corrected chi connectivity index (χ3v) is 3.41. The Bertz CT molecular complexity index is 526. The van der Waals surface area contributed by atoms with Gasteiger partial charge in [0.1, 0.15) is 17.3 Å². The number of ether oxygens (including phenoxy) is 2. The van der Waals surface area contributed by atoms with Crippen molar-refractivity contribution in [1.29, 1.82) is 0 Å². The fraction of sp³-hybridized carbons (Fsp3) is 0.364. The van der Waals surface area contributed by atoms with Crippen LogP contribution < -0.4 is 4.74 Å². The molecule has 0 atom stereocenters. The quantitative estimate of drug-likeness (QED) is 0.437. The third kappa shape index (κ3) is 4.64. The molecule has 0 radical (unpaired) electrons. The lowest BCUT2D eigenvalue weighted by atomic mass is 10.1. The van der Waals surface area contributed by atoms with Crippen molar-refractivity contribution < 1.29 is 33.7 Å². The number of Topliss-reactive ketones (excluding diaryl/α,β-unsaturated/α-hetero) is 1. The summed E-state index contributed by atoms with van der Waals surface area (Å²) in [5, 5.41) is 0. The number of hydrogen-bond donors (Lipinski definition) is 0. The van der Waals surface area contributed by atoms with E-state index in [4.69, 9.17) is 4.74 Å². The van der Waals surface area contributed by atoms with Crippen LogP contribution in [0.5, 0.6) is 5.75 Å². The summed E-state index contributed by atoms with van der Waals surface area (Å²) in [6.07, 6.45) is 0. The van der Waals surface area contributed by atoms with E-state index in [0.717, 1.165) is 13.0 Å². The summed E-state index contributed by atoms with van der Waals surface area (Å²) < 4.78 is 73.3. The van der Waals surface area contributed by atoms with Crippen LogP contribution in [0.25, 0.3) is 0 Å². The Morgan fingerprint density at radius 3 is 2.15 bits per heavy atom. The topological polar surface area (TPSA) is 35.5 Å². The molecule has 0 amide bonds. The minimum atomic E-state index is -9.86. The summed E-state index contributed by atoms with van der Waals surface area (Å²) in [7, 11) is -8.52. The van der Waals surface area contributed by atoms with Crippen LogP contribution in [-0.4, -0.2) is 26.1 Å². The molecule has 1 aromatic carbocycles. The number of halogens is 5. The van der Waals surface area contributed by atoms with Gasteiger partial charge in [0.25, 0.3) is 0 Å². The highest BCUT2D eigenvalue weighted by Crippen LogP contribution is 3.02. The van der Waals surface area contributed by atoms with Crippen molar-refractivity contribution in [2.24, 2.45) is 0 Å². The number of hydrogen-bond acceptors (Lipinski definition) is 3. The van der Waals surface area contributed by atoms with E-state index < -0.39 is 32.2 Å². The van der Waals surface area contributed by atoms with Crippen LogP contribution in [0, 0.1) is 0 Å². The molecule has 0 saturated carbocycles. The summed E-state index contributed by atoms with van der Waals surface area (Å²) in [5.74, 6) is -1.23. The molecule has 0 aliphatic heterocycles. The maximum absolute atomic E-state index is 12.8. The van der Waals surface area contributed by atoms with Crippen LogP contribution in [0.1, 0.15) is 17.3 Å². The summed E-state index contributed by atoms with van der Waals surface area (Å²) in [6.45, 7) is 0.914. The first-order chi connectivity index (χ1) is 8.83. The van der Waals surface area contributed by atoms with Gasteiger partial charge in [-0.1, -0.05) is 19.4 Å². The molecule has 1 aromatic rings. The van der Waals surface area contributed by atoms with Crippen LogP contribution in [-0.2, 0) is 4.74 Å². The molecule has 0 saturated heterocycles. The summed E-state index contributed by atoms with van der Waals surface area (Å²) in [5.41, 5.74) is -0.497. The van der Waals surface area contributed by atoms with Gasteiger partial charge < -0.3 is 9.47 Å². The van der Waals surface area contributed by atoms with Gasteiger partial charge in [0.2, 0.25) is 0 Å². The van der Waals surface area contributed by atoms with E-state index in [0.29, 0.717) is 0 Å². The van der Waals surface area contributed by atoms with Crippen molar-refractivity contribution in [3.8, 4) is 5.75 Å². The van der Waals surface area contributed by atoms with E-state index in [1.54, 1.807) is 0 Å². The molecule has 116 valence electrons. The molecule has 3 nitrogen and oxygen atoms in total. The maximum Gasteiger partial charge on any atom is 0.310 e. The number of carbonyl (C=O) groups excluding carboxylic acids is 1. The monoisotopic (exact) mass is 320 g/mol. The van der Waals surface area contributed by atoms with Crippen molar-refractivity contribution in [2.75, 3.05) is 20.3 Å². The number of ketones is 1. The van der Waals surface area contributed by atoms with E-state index in [1.165, 1.54) is 7.11 Å². The van der Waals surface area contributed by atoms with Gasteiger partial charge in [0.05, 0.1) is 6.61 Å². The standard InChI is InChI=1S/C11H13F5O3S/c1-8(17)9-5-10(19-4-3-18-2)7-11(6-9)20(12,13,14,15)16/h5-7H,3-4H2,1-2H3. The van der Waals surface area contributed by atoms with Crippen molar-refractivity contribution in [3.05, 3.63) is 23.8 Å². The number of rotatable bonds is 6. The van der Waals surface area contributed by atoms with Gasteiger partial charge in [-0.05, 0) is 19.1 Å². The molecule has 0 spiro atoms. The normalized spacial score (nSPS) is 15.3. The molecule has 20 heavy (non-hydrogen) atoms. The van der Waals surface area contributed by atoms with E-state index >= 15 is 0 Å². The zero-order valence-corrected chi connectivity index (χ0v) is 11.5.